The van der Waals surface area contributed by atoms with Crippen molar-refractivity contribution in [3.05, 3.63) is 48.0 Å². The Balaban J connectivity index is 2.73. The fourth-order valence-corrected chi connectivity index (χ4v) is 3.29. The van der Waals surface area contributed by atoms with Gasteiger partial charge in [0.1, 0.15) is 0 Å². The summed E-state index contributed by atoms with van der Waals surface area (Å²) < 4.78 is 24.2. The Morgan fingerprint density at radius 1 is 1.17 bits per heavy atom. The number of nitrogens with two attached hydrogens (primary N) is 1. The number of hydrogen-bond donors (Lipinski definition) is 2. The van der Waals surface area contributed by atoms with Crippen LogP contribution in [0.25, 0.3) is 11.1 Å². The highest BCUT2D eigenvalue weighted by molar-refractivity contribution is 7.89. The Kier molecular flexibility index (Phi) is 5.75. The standard InChI is InChI=1S/C18H22N2O3S/c1-3-4-10-20-16-11-15(13(2)21)12-17(24(19,22)23)18(16)14-8-6-5-7-9-14/h5-9,11-12,20H,3-4,10H2,1-2H3,(H2,19,22,23). The molecule has 2 aromatic carbocycles. The lowest BCUT2D eigenvalue weighted by molar-refractivity contribution is 0.101. The molecule has 0 aliphatic heterocycles. The Morgan fingerprint density at radius 2 is 1.83 bits per heavy atom. The highest BCUT2D eigenvalue weighted by atomic mass is 32.2. The molecule has 6 heteroatoms. The molecule has 3 N–H and O–H groups in total. The molecule has 0 fully saturated rings. The molecule has 0 aliphatic rings. The maximum absolute atomic E-state index is 12.1. The molecule has 2 rings (SSSR count). The van der Waals surface area contributed by atoms with Crippen LogP contribution in [0.15, 0.2) is 47.4 Å². The summed E-state index contributed by atoms with van der Waals surface area (Å²) in [7, 11) is -3.98. The lowest BCUT2D eigenvalue weighted by atomic mass is 10.00. The van der Waals surface area contributed by atoms with Crippen LogP contribution in [0.4, 0.5) is 5.69 Å². The second kappa shape index (κ2) is 7.59. The lowest BCUT2D eigenvalue weighted by Gasteiger charge is -2.17. The topological polar surface area (TPSA) is 89.3 Å². The van der Waals surface area contributed by atoms with Crippen molar-refractivity contribution in [3.63, 3.8) is 0 Å². The molecule has 0 atom stereocenters. The number of ketones is 1. The van der Waals surface area contributed by atoms with Crippen molar-refractivity contribution in [2.24, 2.45) is 5.14 Å². The van der Waals surface area contributed by atoms with E-state index in [0.717, 1.165) is 18.4 Å². The van der Waals surface area contributed by atoms with Gasteiger partial charge < -0.3 is 5.32 Å². The predicted molar refractivity (Wildman–Crippen MR) is 96.7 cm³/mol. The van der Waals surface area contributed by atoms with Gasteiger partial charge in [0.2, 0.25) is 10.0 Å². The van der Waals surface area contributed by atoms with Gasteiger partial charge in [-0.3, -0.25) is 4.79 Å². The van der Waals surface area contributed by atoms with Crippen LogP contribution in [-0.2, 0) is 10.0 Å². The molecule has 2 aromatic rings. The van der Waals surface area contributed by atoms with Crippen molar-refractivity contribution in [1.82, 2.24) is 0 Å². The summed E-state index contributed by atoms with van der Waals surface area (Å²) in [5.41, 5.74) is 2.15. The highest BCUT2D eigenvalue weighted by Gasteiger charge is 2.21. The van der Waals surface area contributed by atoms with Gasteiger partial charge in [0.15, 0.2) is 5.78 Å². The average molecular weight is 346 g/mol. The van der Waals surface area contributed by atoms with Crippen molar-refractivity contribution < 1.29 is 13.2 Å². The molecule has 5 nitrogen and oxygen atoms in total. The number of Topliss-reactive ketones (excluding diaryl/α,β-unsaturated/α-hetero) is 1. The number of benzene rings is 2. The van der Waals surface area contributed by atoms with E-state index in [0.29, 0.717) is 23.4 Å². The molecular formula is C18H22N2O3S. The van der Waals surface area contributed by atoms with E-state index in [1.807, 2.05) is 30.3 Å². The van der Waals surface area contributed by atoms with Crippen molar-refractivity contribution in [1.29, 1.82) is 0 Å². The number of hydrogen-bond acceptors (Lipinski definition) is 4. The summed E-state index contributed by atoms with van der Waals surface area (Å²) in [5.74, 6) is -0.210. The summed E-state index contributed by atoms with van der Waals surface area (Å²) in [6.45, 7) is 4.16. The van der Waals surface area contributed by atoms with Crippen LogP contribution in [0.2, 0.25) is 0 Å². The van der Waals surface area contributed by atoms with E-state index in [1.165, 1.54) is 13.0 Å². The molecule has 0 saturated heterocycles. The fraction of sp³-hybridized carbons (Fsp3) is 0.278. The third kappa shape index (κ3) is 4.21. The number of carbonyl (C=O) groups is 1. The zero-order valence-electron chi connectivity index (χ0n) is 13.9. The number of nitrogens with one attached hydrogen (secondary N) is 1. The van der Waals surface area contributed by atoms with Gasteiger partial charge in [0.05, 0.1) is 4.90 Å². The van der Waals surface area contributed by atoms with Crippen LogP contribution in [-0.4, -0.2) is 20.7 Å². The van der Waals surface area contributed by atoms with E-state index in [9.17, 15) is 13.2 Å². The Labute approximate surface area is 142 Å². The van der Waals surface area contributed by atoms with Gasteiger partial charge in [-0.1, -0.05) is 43.7 Å². The number of primary sulfonamides is 1. The first-order valence-corrected chi connectivity index (χ1v) is 9.40. The van der Waals surface area contributed by atoms with E-state index < -0.39 is 10.0 Å². The van der Waals surface area contributed by atoms with Crippen LogP contribution in [0.5, 0.6) is 0 Å². The van der Waals surface area contributed by atoms with Crippen molar-refractivity contribution in [3.8, 4) is 11.1 Å². The molecule has 128 valence electrons. The smallest absolute Gasteiger partial charge is 0.238 e. The monoisotopic (exact) mass is 346 g/mol. The third-order valence-corrected chi connectivity index (χ3v) is 4.66. The maximum atomic E-state index is 12.1. The molecule has 0 aliphatic carbocycles. The quantitative estimate of drug-likeness (QED) is 0.594. The van der Waals surface area contributed by atoms with E-state index in [-0.39, 0.29) is 10.7 Å². The third-order valence-electron chi connectivity index (χ3n) is 3.72. The summed E-state index contributed by atoms with van der Waals surface area (Å²) in [5, 5.41) is 8.67. The van der Waals surface area contributed by atoms with E-state index in [4.69, 9.17) is 5.14 Å². The number of anilines is 1. The van der Waals surface area contributed by atoms with Crippen molar-refractivity contribution in [2.75, 3.05) is 11.9 Å². The van der Waals surface area contributed by atoms with Crippen molar-refractivity contribution in [2.45, 2.75) is 31.6 Å². The van der Waals surface area contributed by atoms with Crippen LogP contribution >= 0.6 is 0 Å². The summed E-state index contributed by atoms with van der Waals surface area (Å²) in [6.07, 6.45) is 1.94. The number of unbranched alkanes of at least 4 members (excludes halogenated alkanes) is 1. The SMILES string of the molecule is CCCCNc1cc(C(C)=O)cc(S(N)(=O)=O)c1-c1ccccc1. The lowest BCUT2D eigenvalue weighted by Crippen LogP contribution is -2.16. The largest absolute Gasteiger partial charge is 0.384 e. The Bertz CT molecular complexity index is 831. The van der Waals surface area contributed by atoms with Gasteiger partial charge in [-0.2, -0.15) is 0 Å². The van der Waals surface area contributed by atoms with Gasteiger partial charge in [0, 0.05) is 23.4 Å². The molecule has 0 amide bonds. The minimum absolute atomic E-state index is 0.0413. The van der Waals surface area contributed by atoms with Crippen LogP contribution in [0.1, 0.15) is 37.0 Å². The van der Waals surface area contributed by atoms with Gasteiger partial charge in [-0.25, -0.2) is 13.6 Å². The van der Waals surface area contributed by atoms with E-state index >= 15 is 0 Å². The van der Waals surface area contributed by atoms with Crippen LogP contribution in [0.3, 0.4) is 0 Å². The average Bonchev–Trinajstić information content (AvgIpc) is 2.54. The summed E-state index contributed by atoms with van der Waals surface area (Å²) in [4.78, 5) is 11.7. The molecule has 0 radical (unpaired) electrons. The Hall–Kier alpha value is -2.18. The molecule has 0 heterocycles. The molecule has 0 aromatic heterocycles. The zero-order chi connectivity index (χ0) is 17.7. The molecular weight excluding hydrogens is 324 g/mol. The summed E-state index contributed by atoms with van der Waals surface area (Å²) >= 11 is 0. The second-order valence-corrected chi connectivity index (χ2v) is 7.17. The predicted octanol–water partition coefficient (Wildman–Crippen LogP) is 3.42. The van der Waals surface area contributed by atoms with Gasteiger partial charge in [0.25, 0.3) is 0 Å². The van der Waals surface area contributed by atoms with Crippen molar-refractivity contribution >= 4 is 21.5 Å². The normalized spacial score (nSPS) is 11.3. The molecule has 0 unspecified atom stereocenters. The fourth-order valence-electron chi connectivity index (χ4n) is 2.48. The molecule has 0 spiro atoms. The minimum atomic E-state index is -3.98. The zero-order valence-corrected chi connectivity index (χ0v) is 14.7. The van der Waals surface area contributed by atoms with Gasteiger partial charge in [-0.15, -0.1) is 0 Å². The van der Waals surface area contributed by atoms with Gasteiger partial charge >= 0.3 is 0 Å². The first-order chi connectivity index (χ1) is 11.3. The van der Waals surface area contributed by atoms with Crippen LogP contribution < -0.4 is 10.5 Å². The molecule has 0 saturated carbocycles. The van der Waals surface area contributed by atoms with E-state index in [1.54, 1.807) is 6.07 Å². The maximum Gasteiger partial charge on any atom is 0.238 e. The Morgan fingerprint density at radius 3 is 2.38 bits per heavy atom. The first-order valence-electron chi connectivity index (χ1n) is 7.85. The number of carbonyl (C=O) groups excluding carboxylic acids is 1. The van der Waals surface area contributed by atoms with Gasteiger partial charge in [-0.05, 0) is 31.0 Å². The number of sulfonamides is 1. The molecule has 24 heavy (non-hydrogen) atoms. The van der Waals surface area contributed by atoms with E-state index in [2.05, 4.69) is 12.2 Å². The minimum Gasteiger partial charge on any atom is -0.384 e. The number of rotatable bonds is 7. The second-order valence-electron chi connectivity index (χ2n) is 5.64. The molecule has 0 bridgehead atoms. The van der Waals surface area contributed by atoms with Crippen LogP contribution in [0, 0.1) is 0 Å². The first kappa shape index (κ1) is 18.2. The highest BCUT2D eigenvalue weighted by Crippen LogP contribution is 2.35. The summed E-state index contributed by atoms with van der Waals surface area (Å²) in [6, 6.07) is 12.2.